The molecule has 4 nitrogen and oxygen atoms in total. The minimum atomic E-state index is 0.727. The average molecular weight is 232 g/mol. The first-order valence-electron chi connectivity index (χ1n) is 6.60. The van der Waals surface area contributed by atoms with Crippen LogP contribution in [0.5, 0.6) is 0 Å². The van der Waals surface area contributed by atoms with Gasteiger partial charge in [-0.15, -0.1) is 0 Å². The lowest BCUT2D eigenvalue weighted by atomic mass is 9.85. The Labute approximate surface area is 102 Å². The van der Waals surface area contributed by atoms with Gasteiger partial charge in [-0.3, -0.25) is 0 Å². The molecule has 3 rings (SSSR count). The van der Waals surface area contributed by atoms with Crippen LogP contribution in [-0.2, 0) is 0 Å². The topological polar surface area (TPSA) is 41.1 Å². The smallest absolute Gasteiger partial charge is 0.225 e. The third kappa shape index (κ3) is 2.27. The van der Waals surface area contributed by atoms with Crippen molar-refractivity contribution in [1.29, 1.82) is 0 Å². The fourth-order valence-corrected chi connectivity index (χ4v) is 2.98. The van der Waals surface area contributed by atoms with Crippen LogP contribution in [-0.4, -0.2) is 35.6 Å². The molecule has 0 saturated carbocycles. The number of hydrogen-bond donors (Lipinski definition) is 1. The van der Waals surface area contributed by atoms with Crippen LogP contribution in [0.25, 0.3) is 0 Å². The number of nitrogens with one attached hydrogen (secondary N) is 1. The van der Waals surface area contributed by atoms with Crippen LogP contribution in [0.4, 0.5) is 5.95 Å². The monoisotopic (exact) mass is 232 g/mol. The first kappa shape index (κ1) is 11.0. The second kappa shape index (κ2) is 4.61. The number of aromatic nitrogens is 2. The maximum absolute atomic E-state index is 4.43. The second-order valence-corrected chi connectivity index (χ2v) is 5.26. The van der Waals surface area contributed by atoms with Gasteiger partial charge in [0.25, 0.3) is 0 Å². The lowest BCUT2D eigenvalue weighted by Crippen LogP contribution is -2.52. The van der Waals surface area contributed by atoms with Crippen molar-refractivity contribution in [2.75, 3.05) is 24.5 Å². The Morgan fingerprint density at radius 1 is 1.29 bits per heavy atom. The lowest BCUT2D eigenvalue weighted by Gasteiger charge is -2.41. The number of nitrogens with zero attached hydrogens (tertiary/aromatic N) is 3. The van der Waals surface area contributed by atoms with Gasteiger partial charge in [-0.25, -0.2) is 9.97 Å². The predicted molar refractivity (Wildman–Crippen MR) is 68.1 cm³/mol. The summed E-state index contributed by atoms with van der Waals surface area (Å²) < 4.78 is 0. The Kier molecular flexibility index (Phi) is 2.97. The molecule has 92 valence electrons. The Hall–Kier alpha value is -1.16. The summed E-state index contributed by atoms with van der Waals surface area (Å²) in [5.41, 5.74) is 1.13. The van der Waals surface area contributed by atoms with Gasteiger partial charge in [0.05, 0.1) is 0 Å². The van der Waals surface area contributed by atoms with Crippen LogP contribution in [0.3, 0.4) is 0 Å². The molecule has 1 N–H and O–H groups in total. The summed E-state index contributed by atoms with van der Waals surface area (Å²) in [6.45, 7) is 5.42. The van der Waals surface area contributed by atoms with Crippen LogP contribution < -0.4 is 10.2 Å². The highest BCUT2D eigenvalue weighted by Crippen LogP contribution is 2.26. The van der Waals surface area contributed by atoms with Crippen LogP contribution in [0.15, 0.2) is 12.4 Å². The van der Waals surface area contributed by atoms with Gasteiger partial charge in [-0.05, 0) is 44.2 Å². The molecule has 17 heavy (non-hydrogen) atoms. The summed E-state index contributed by atoms with van der Waals surface area (Å²) in [5, 5.41) is 3.63. The highest BCUT2D eigenvalue weighted by molar-refractivity contribution is 5.31. The van der Waals surface area contributed by atoms with Gasteiger partial charge in [0.1, 0.15) is 0 Å². The fourth-order valence-electron chi connectivity index (χ4n) is 2.98. The first-order chi connectivity index (χ1) is 8.33. The van der Waals surface area contributed by atoms with E-state index in [9.17, 15) is 0 Å². The predicted octanol–water partition coefficient (Wildman–Crippen LogP) is 1.36. The van der Waals surface area contributed by atoms with Crippen LogP contribution in [0.1, 0.15) is 24.8 Å². The van der Waals surface area contributed by atoms with Crippen molar-refractivity contribution < 1.29 is 0 Å². The van der Waals surface area contributed by atoms with E-state index in [0.717, 1.165) is 36.6 Å². The number of piperidine rings is 2. The molecule has 1 aromatic rings. The van der Waals surface area contributed by atoms with Crippen molar-refractivity contribution in [3.05, 3.63) is 18.0 Å². The van der Waals surface area contributed by atoms with Gasteiger partial charge in [-0.2, -0.15) is 0 Å². The maximum atomic E-state index is 4.43. The van der Waals surface area contributed by atoms with Crippen molar-refractivity contribution in [2.24, 2.45) is 5.92 Å². The van der Waals surface area contributed by atoms with E-state index in [4.69, 9.17) is 0 Å². The summed E-state index contributed by atoms with van der Waals surface area (Å²) in [6.07, 6.45) is 7.70. The minimum Gasteiger partial charge on any atom is -0.340 e. The standard InChI is InChI=1S/C13H20N4/c1-10-7-15-13(16-8-10)17-6-4-12-11(9-17)3-2-5-14-12/h7-8,11-12,14H,2-6,9H2,1H3. The number of rotatable bonds is 1. The van der Waals surface area contributed by atoms with E-state index < -0.39 is 0 Å². The third-order valence-electron chi connectivity index (χ3n) is 3.94. The fraction of sp³-hybridized carbons (Fsp3) is 0.692. The van der Waals surface area contributed by atoms with Gasteiger partial charge >= 0.3 is 0 Å². The highest BCUT2D eigenvalue weighted by Gasteiger charge is 2.31. The zero-order valence-corrected chi connectivity index (χ0v) is 10.4. The van der Waals surface area contributed by atoms with Crippen molar-refractivity contribution in [3.63, 3.8) is 0 Å². The van der Waals surface area contributed by atoms with Crippen LogP contribution >= 0.6 is 0 Å². The van der Waals surface area contributed by atoms with Crippen molar-refractivity contribution in [1.82, 2.24) is 15.3 Å². The Balaban J connectivity index is 1.71. The van der Waals surface area contributed by atoms with Gasteiger partial charge in [0.2, 0.25) is 5.95 Å². The van der Waals surface area contributed by atoms with E-state index in [1.54, 1.807) is 0 Å². The molecule has 3 heterocycles. The minimum absolute atomic E-state index is 0.727. The van der Waals surface area contributed by atoms with Gasteiger partial charge in [0, 0.05) is 31.5 Å². The van der Waals surface area contributed by atoms with E-state index in [2.05, 4.69) is 20.2 Å². The maximum Gasteiger partial charge on any atom is 0.225 e. The largest absolute Gasteiger partial charge is 0.340 e. The van der Waals surface area contributed by atoms with E-state index in [1.165, 1.54) is 25.8 Å². The molecule has 2 aliphatic heterocycles. The SMILES string of the molecule is Cc1cnc(N2CCC3NCCCC3C2)nc1. The quantitative estimate of drug-likeness (QED) is 0.794. The number of fused-ring (bicyclic) bond motifs is 1. The Bertz CT molecular complexity index is 376. The van der Waals surface area contributed by atoms with Crippen molar-refractivity contribution in [3.8, 4) is 0 Å². The molecule has 0 aromatic carbocycles. The van der Waals surface area contributed by atoms with E-state index >= 15 is 0 Å². The van der Waals surface area contributed by atoms with Crippen molar-refractivity contribution in [2.45, 2.75) is 32.2 Å². The summed E-state index contributed by atoms with van der Waals surface area (Å²) in [6, 6.07) is 0.727. The zero-order valence-electron chi connectivity index (χ0n) is 10.4. The van der Waals surface area contributed by atoms with Gasteiger partial charge in [-0.1, -0.05) is 0 Å². The Morgan fingerprint density at radius 2 is 2.12 bits per heavy atom. The molecule has 2 saturated heterocycles. The van der Waals surface area contributed by atoms with Crippen LogP contribution in [0.2, 0.25) is 0 Å². The molecule has 1 aromatic heterocycles. The van der Waals surface area contributed by atoms with Gasteiger partial charge in [0.15, 0.2) is 0 Å². The zero-order chi connectivity index (χ0) is 11.7. The summed E-state index contributed by atoms with van der Waals surface area (Å²) in [5.74, 6) is 1.68. The summed E-state index contributed by atoms with van der Waals surface area (Å²) in [4.78, 5) is 11.2. The van der Waals surface area contributed by atoms with E-state index in [-0.39, 0.29) is 0 Å². The second-order valence-electron chi connectivity index (χ2n) is 5.26. The molecule has 0 spiro atoms. The molecule has 0 bridgehead atoms. The normalized spacial score (nSPS) is 28.9. The molecular formula is C13H20N4. The molecule has 0 aliphatic carbocycles. The van der Waals surface area contributed by atoms with E-state index in [1.807, 2.05) is 19.3 Å². The number of anilines is 1. The molecular weight excluding hydrogens is 212 g/mol. The summed E-state index contributed by atoms with van der Waals surface area (Å²) in [7, 11) is 0. The third-order valence-corrected chi connectivity index (χ3v) is 3.94. The molecule has 2 unspecified atom stereocenters. The number of hydrogen-bond acceptors (Lipinski definition) is 4. The Morgan fingerprint density at radius 3 is 2.94 bits per heavy atom. The van der Waals surface area contributed by atoms with Crippen molar-refractivity contribution >= 4 is 5.95 Å². The summed E-state index contributed by atoms with van der Waals surface area (Å²) >= 11 is 0. The molecule has 2 fully saturated rings. The van der Waals surface area contributed by atoms with Gasteiger partial charge < -0.3 is 10.2 Å². The highest BCUT2D eigenvalue weighted by atomic mass is 15.3. The van der Waals surface area contributed by atoms with E-state index in [0.29, 0.717) is 0 Å². The first-order valence-corrected chi connectivity index (χ1v) is 6.60. The van der Waals surface area contributed by atoms with Crippen LogP contribution in [0, 0.1) is 12.8 Å². The average Bonchev–Trinajstić information content (AvgIpc) is 2.39. The molecule has 2 aliphatic rings. The molecule has 0 radical (unpaired) electrons. The molecule has 4 heteroatoms. The molecule has 2 atom stereocenters. The molecule has 0 amide bonds. The lowest BCUT2D eigenvalue weighted by molar-refractivity contribution is 0.243. The number of aryl methyl sites for hydroxylation is 1.